The van der Waals surface area contributed by atoms with Gasteiger partial charge in [-0.3, -0.25) is 9.52 Å². The summed E-state index contributed by atoms with van der Waals surface area (Å²) in [6.45, 7) is 3.95. The first-order valence-electron chi connectivity index (χ1n) is 6.20. The Kier molecular flexibility index (Phi) is 3.94. The SMILES string of the molecule is CC(C)c1ccccc1NS(=O)(=O)c1c[nH]ccc1=O. The van der Waals surface area contributed by atoms with Gasteiger partial charge in [-0.1, -0.05) is 32.0 Å². The first-order chi connectivity index (χ1) is 9.42. The Morgan fingerprint density at radius 1 is 1.15 bits per heavy atom. The summed E-state index contributed by atoms with van der Waals surface area (Å²) in [4.78, 5) is 14.0. The van der Waals surface area contributed by atoms with E-state index < -0.39 is 15.5 Å². The predicted molar refractivity (Wildman–Crippen MR) is 78.4 cm³/mol. The van der Waals surface area contributed by atoms with Gasteiger partial charge in [0, 0.05) is 18.5 Å². The molecule has 0 radical (unpaired) electrons. The summed E-state index contributed by atoms with van der Waals surface area (Å²) in [6, 6.07) is 8.33. The van der Waals surface area contributed by atoms with Gasteiger partial charge in [0.1, 0.15) is 0 Å². The molecule has 1 heterocycles. The molecule has 2 N–H and O–H groups in total. The fraction of sp³-hybridized carbons (Fsp3) is 0.214. The van der Waals surface area contributed by atoms with Crippen LogP contribution in [-0.4, -0.2) is 13.4 Å². The zero-order valence-electron chi connectivity index (χ0n) is 11.3. The normalized spacial score (nSPS) is 11.6. The molecule has 1 aromatic carbocycles. The number of para-hydroxylation sites is 1. The van der Waals surface area contributed by atoms with Crippen LogP contribution in [0.25, 0.3) is 0 Å². The summed E-state index contributed by atoms with van der Waals surface area (Å²) >= 11 is 0. The van der Waals surface area contributed by atoms with Gasteiger partial charge < -0.3 is 4.98 Å². The minimum absolute atomic E-state index is 0.169. The number of H-pyrrole nitrogens is 1. The van der Waals surface area contributed by atoms with E-state index in [1.54, 1.807) is 12.1 Å². The highest BCUT2D eigenvalue weighted by molar-refractivity contribution is 7.92. The standard InChI is InChI=1S/C14H16N2O3S/c1-10(2)11-5-3-4-6-12(11)16-20(18,19)14-9-15-8-7-13(14)17/h3-10,16H,1-2H3,(H,15,17). The van der Waals surface area contributed by atoms with Crippen LogP contribution in [0.3, 0.4) is 0 Å². The summed E-state index contributed by atoms with van der Waals surface area (Å²) in [5, 5.41) is 0. The van der Waals surface area contributed by atoms with Crippen molar-refractivity contribution >= 4 is 15.7 Å². The van der Waals surface area contributed by atoms with Gasteiger partial charge in [0.05, 0.1) is 5.69 Å². The smallest absolute Gasteiger partial charge is 0.267 e. The van der Waals surface area contributed by atoms with Gasteiger partial charge >= 0.3 is 0 Å². The van der Waals surface area contributed by atoms with Crippen LogP contribution in [0, 0.1) is 0 Å². The highest BCUT2D eigenvalue weighted by Crippen LogP contribution is 2.25. The average Bonchev–Trinajstić information content (AvgIpc) is 2.39. The average molecular weight is 292 g/mol. The van der Waals surface area contributed by atoms with Crippen molar-refractivity contribution in [1.29, 1.82) is 0 Å². The molecule has 0 aliphatic heterocycles. The van der Waals surface area contributed by atoms with E-state index in [9.17, 15) is 13.2 Å². The molecule has 0 saturated carbocycles. The van der Waals surface area contributed by atoms with E-state index in [0.29, 0.717) is 5.69 Å². The van der Waals surface area contributed by atoms with Crippen molar-refractivity contribution in [1.82, 2.24) is 4.98 Å². The maximum Gasteiger partial charge on any atom is 0.267 e. The number of hydrogen-bond acceptors (Lipinski definition) is 3. The fourth-order valence-corrected chi connectivity index (χ4v) is 3.05. The molecule has 5 nitrogen and oxygen atoms in total. The van der Waals surface area contributed by atoms with E-state index in [2.05, 4.69) is 9.71 Å². The number of hydrogen-bond donors (Lipinski definition) is 2. The maximum atomic E-state index is 12.3. The third kappa shape index (κ3) is 2.91. The van der Waals surface area contributed by atoms with Gasteiger partial charge in [-0.05, 0) is 17.5 Å². The first kappa shape index (κ1) is 14.3. The number of nitrogens with one attached hydrogen (secondary N) is 2. The number of rotatable bonds is 4. The molecule has 0 unspecified atom stereocenters. The Morgan fingerprint density at radius 3 is 2.50 bits per heavy atom. The van der Waals surface area contributed by atoms with Crippen LogP contribution in [0.5, 0.6) is 0 Å². The molecule has 2 aromatic rings. The third-order valence-corrected chi connectivity index (χ3v) is 4.29. The Hall–Kier alpha value is -2.08. The molecule has 0 atom stereocenters. The van der Waals surface area contributed by atoms with E-state index in [1.165, 1.54) is 18.5 Å². The van der Waals surface area contributed by atoms with E-state index in [-0.39, 0.29) is 10.8 Å². The minimum Gasteiger partial charge on any atom is -0.366 e. The van der Waals surface area contributed by atoms with Crippen molar-refractivity contribution in [2.75, 3.05) is 4.72 Å². The lowest BCUT2D eigenvalue weighted by atomic mass is 10.0. The van der Waals surface area contributed by atoms with Crippen LogP contribution in [0.1, 0.15) is 25.3 Å². The molecule has 0 amide bonds. The van der Waals surface area contributed by atoms with Gasteiger partial charge in [-0.15, -0.1) is 0 Å². The highest BCUT2D eigenvalue weighted by atomic mass is 32.2. The lowest BCUT2D eigenvalue weighted by Gasteiger charge is -2.14. The highest BCUT2D eigenvalue weighted by Gasteiger charge is 2.19. The first-order valence-corrected chi connectivity index (χ1v) is 7.69. The number of anilines is 1. The van der Waals surface area contributed by atoms with Crippen LogP contribution in [0.15, 0.2) is 52.4 Å². The van der Waals surface area contributed by atoms with Crippen LogP contribution < -0.4 is 10.2 Å². The number of aromatic nitrogens is 1. The van der Waals surface area contributed by atoms with Gasteiger partial charge in [-0.2, -0.15) is 0 Å². The summed E-state index contributed by atoms with van der Waals surface area (Å²) in [5.74, 6) is 0.169. The van der Waals surface area contributed by atoms with Gasteiger partial charge in [0.15, 0.2) is 4.90 Å². The largest absolute Gasteiger partial charge is 0.366 e. The molecule has 0 aliphatic carbocycles. The Balaban J connectivity index is 2.45. The zero-order chi connectivity index (χ0) is 14.8. The third-order valence-electron chi connectivity index (χ3n) is 2.90. The number of aromatic amines is 1. The maximum absolute atomic E-state index is 12.3. The zero-order valence-corrected chi connectivity index (χ0v) is 12.1. The van der Waals surface area contributed by atoms with Crippen molar-refractivity contribution < 1.29 is 8.42 Å². The Morgan fingerprint density at radius 2 is 1.85 bits per heavy atom. The van der Waals surface area contributed by atoms with Crippen LogP contribution >= 0.6 is 0 Å². The second-order valence-electron chi connectivity index (χ2n) is 4.72. The van der Waals surface area contributed by atoms with Crippen molar-refractivity contribution in [3.63, 3.8) is 0 Å². The minimum atomic E-state index is -3.89. The second kappa shape index (κ2) is 5.50. The molecular weight excluding hydrogens is 276 g/mol. The quantitative estimate of drug-likeness (QED) is 0.907. The van der Waals surface area contributed by atoms with E-state index in [4.69, 9.17) is 0 Å². The molecule has 1 aromatic heterocycles. The van der Waals surface area contributed by atoms with Crippen LogP contribution in [0.4, 0.5) is 5.69 Å². The molecular formula is C14H16N2O3S. The van der Waals surface area contributed by atoms with Crippen LogP contribution in [-0.2, 0) is 10.0 Å². The van der Waals surface area contributed by atoms with Gasteiger partial charge in [0.2, 0.25) is 5.43 Å². The molecule has 2 rings (SSSR count). The lowest BCUT2D eigenvalue weighted by molar-refractivity contribution is 0.600. The van der Waals surface area contributed by atoms with Crippen molar-refractivity contribution in [2.45, 2.75) is 24.7 Å². The predicted octanol–water partition coefficient (Wildman–Crippen LogP) is 2.30. The van der Waals surface area contributed by atoms with Gasteiger partial charge in [-0.25, -0.2) is 8.42 Å². The summed E-state index contributed by atoms with van der Waals surface area (Å²) in [7, 11) is -3.89. The summed E-state index contributed by atoms with van der Waals surface area (Å²) < 4.78 is 27.0. The lowest BCUT2D eigenvalue weighted by Crippen LogP contribution is -2.21. The van der Waals surface area contributed by atoms with E-state index in [0.717, 1.165) is 5.56 Å². The van der Waals surface area contributed by atoms with Gasteiger partial charge in [0.25, 0.3) is 10.0 Å². The Bertz CT molecular complexity index is 764. The molecule has 0 saturated heterocycles. The molecule has 0 fully saturated rings. The summed E-state index contributed by atoms with van der Waals surface area (Å²) in [5.41, 5.74) is 0.826. The monoisotopic (exact) mass is 292 g/mol. The fourth-order valence-electron chi connectivity index (χ4n) is 1.90. The summed E-state index contributed by atoms with van der Waals surface area (Å²) in [6.07, 6.45) is 2.58. The van der Waals surface area contributed by atoms with Crippen molar-refractivity contribution in [2.24, 2.45) is 0 Å². The molecule has 0 aliphatic rings. The molecule has 106 valence electrons. The van der Waals surface area contributed by atoms with E-state index >= 15 is 0 Å². The molecule has 0 spiro atoms. The van der Waals surface area contributed by atoms with Crippen LogP contribution in [0.2, 0.25) is 0 Å². The Labute approximate surface area is 117 Å². The van der Waals surface area contributed by atoms with Crippen molar-refractivity contribution in [3.05, 3.63) is 58.5 Å². The molecule has 0 bridgehead atoms. The topological polar surface area (TPSA) is 79.0 Å². The molecule has 20 heavy (non-hydrogen) atoms. The number of benzene rings is 1. The van der Waals surface area contributed by atoms with Crippen molar-refractivity contribution in [3.8, 4) is 0 Å². The number of sulfonamides is 1. The number of pyridine rings is 1. The molecule has 6 heteroatoms. The second-order valence-corrected chi connectivity index (χ2v) is 6.37. The van der Waals surface area contributed by atoms with E-state index in [1.807, 2.05) is 26.0 Å².